The van der Waals surface area contributed by atoms with E-state index in [0.29, 0.717) is 44.5 Å². The molecule has 4 rings (SSSR count). The lowest BCUT2D eigenvalue weighted by atomic mass is 9.97. The molecule has 3 heterocycles. The predicted molar refractivity (Wildman–Crippen MR) is 120 cm³/mol. The van der Waals surface area contributed by atoms with E-state index < -0.39 is 22.1 Å². The van der Waals surface area contributed by atoms with Crippen molar-refractivity contribution >= 4 is 33.2 Å². The Morgan fingerprint density at radius 3 is 2.81 bits per heavy atom. The number of carbonyl (C=O) groups excluding carboxylic acids is 2. The molecule has 2 aliphatic heterocycles. The average Bonchev–Trinajstić information content (AvgIpc) is 3.47. The standard InChI is InChI=1S/C22H30N2O6S2/c1-29-21(26)19-16-10-12-24(20(25)17-8-5-13-30-17)14-18(16)31-22(19)32(27,28)23-11-9-15-6-3-2-4-7-15/h6,17,23H,2-5,7-14H2,1H3/t17-/m0/s1. The minimum Gasteiger partial charge on any atom is -0.465 e. The number of fused-ring (bicyclic) bond motifs is 1. The van der Waals surface area contributed by atoms with Crippen molar-refractivity contribution in [2.45, 2.75) is 68.2 Å². The third-order valence-corrected chi connectivity index (χ3v) is 9.49. The Kier molecular flexibility index (Phi) is 7.34. The van der Waals surface area contributed by atoms with Crippen molar-refractivity contribution < 1.29 is 27.5 Å². The zero-order valence-corrected chi connectivity index (χ0v) is 20.0. The summed E-state index contributed by atoms with van der Waals surface area (Å²) in [6.45, 7) is 1.59. The minimum atomic E-state index is -3.88. The molecule has 1 amide bonds. The molecule has 0 unspecified atom stereocenters. The summed E-state index contributed by atoms with van der Waals surface area (Å²) < 4.78 is 39.3. The third-order valence-electron chi connectivity index (χ3n) is 6.30. The number of esters is 1. The van der Waals surface area contributed by atoms with Crippen molar-refractivity contribution in [3.05, 3.63) is 27.7 Å². The molecule has 0 aromatic carbocycles. The SMILES string of the molecule is COC(=O)c1c(S(=O)(=O)NCCC2=CCCCC2)sc2c1CCN(C(=O)[C@@H]1CCCO1)C2. The van der Waals surface area contributed by atoms with Gasteiger partial charge in [0.2, 0.25) is 0 Å². The van der Waals surface area contributed by atoms with Crippen molar-refractivity contribution in [1.29, 1.82) is 0 Å². The van der Waals surface area contributed by atoms with E-state index in [4.69, 9.17) is 9.47 Å². The number of thiophene rings is 1. The second kappa shape index (κ2) is 10.0. The summed E-state index contributed by atoms with van der Waals surface area (Å²) in [5.74, 6) is -0.721. The van der Waals surface area contributed by atoms with Crippen LogP contribution in [0.5, 0.6) is 0 Å². The van der Waals surface area contributed by atoms with Crippen LogP contribution in [0.4, 0.5) is 0 Å². The molecule has 1 aromatic heterocycles. The summed E-state index contributed by atoms with van der Waals surface area (Å²) in [5.41, 5.74) is 2.07. The second-order valence-corrected chi connectivity index (χ2v) is 11.5. The molecular weight excluding hydrogens is 452 g/mol. The number of carbonyl (C=O) groups is 2. The van der Waals surface area contributed by atoms with Crippen LogP contribution >= 0.6 is 11.3 Å². The lowest BCUT2D eigenvalue weighted by Crippen LogP contribution is -2.41. The van der Waals surface area contributed by atoms with Gasteiger partial charge in [0.1, 0.15) is 10.3 Å². The first-order chi connectivity index (χ1) is 15.4. The smallest absolute Gasteiger partial charge is 0.340 e. The van der Waals surface area contributed by atoms with Crippen molar-refractivity contribution in [3.63, 3.8) is 0 Å². The second-order valence-electron chi connectivity index (χ2n) is 8.43. The molecule has 176 valence electrons. The zero-order chi connectivity index (χ0) is 22.7. The van der Waals surface area contributed by atoms with E-state index in [0.717, 1.165) is 41.9 Å². The molecule has 0 spiro atoms. The van der Waals surface area contributed by atoms with Gasteiger partial charge < -0.3 is 14.4 Å². The Balaban J connectivity index is 1.53. The molecule has 0 radical (unpaired) electrons. The maximum atomic E-state index is 13.1. The van der Waals surface area contributed by atoms with Gasteiger partial charge in [0, 0.05) is 24.6 Å². The summed E-state index contributed by atoms with van der Waals surface area (Å²) in [6, 6.07) is 0. The number of sulfonamides is 1. The zero-order valence-electron chi connectivity index (χ0n) is 18.4. The van der Waals surface area contributed by atoms with Gasteiger partial charge in [0.15, 0.2) is 0 Å². The van der Waals surface area contributed by atoms with Gasteiger partial charge in [0.25, 0.3) is 15.9 Å². The summed E-state index contributed by atoms with van der Waals surface area (Å²) in [5, 5.41) is 0. The molecule has 1 aliphatic carbocycles. The van der Waals surface area contributed by atoms with E-state index in [1.807, 2.05) is 0 Å². The maximum absolute atomic E-state index is 13.1. The lowest BCUT2D eigenvalue weighted by Gasteiger charge is -2.29. The highest BCUT2D eigenvalue weighted by Gasteiger charge is 2.36. The molecule has 0 saturated carbocycles. The maximum Gasteiger partial charge on any atom is 0.340 e. The quantitative estimate of drug-likeness (QED) is 0.474. The van der Waals surface area contributed by atoms with E-state index in [1.54, 1.807) is 4.90 Å². The van der Waals surface area contributed by atoms with E-state index in [2.05, 4.69) is 10.8 Å². The summed E-state index contributed by atoms with van der Waals surface area (Å²) in [6.07, 6.45) is 8.82. The van der Waals surface area contributed by atoms with Crippen LogP contribution in [0.2, 0.25) is 0 Å². The van der Waals surface area contributed by atoms with Gasteiger partial charge in [-0.1, -0.05) is 11.6 Å². The number of ether oxygens (including phenoxy) is 2. The summed E-state index contributed by atoms with van der Waals surface area (Å²) in [4.78, 5) is 27.7. The van der Waals surface area contributed by atoms with Crippen LogP contribution < -0.4 is 4.72 Å². The highest BCUT2D eigenvalue weighted by Crippen LogP contribution is 2.37. The van der Waals surface area contributed by atoms with E-state index in [9.17, 15) is 18.0 Å². The van der Waals surface area contributed by atoms with Gasteiger partial charge in [0.05, 0.1) is 19.2 Å². The Bertz CT molecular complexity index is 1010. The van der Waals surface area contributed by atoms with E-state index in [1.165, 1.54) is 19.1 Å². The number of amides is 1. The van der Waals surface area contributed by atoms with Crippen LogP contribution in [0.1, 0.15) is 65.7 Å². The molecule has 1 atom stereocenters. The number of nitrogens with zero attached hydrogens (tertiary/aromatic N) is 1. The molecule has 8 nitrogen and oxygen atoms in total. The normalized spacial score (nSPS) is 21.2. The fourth-order valence-electron chi connectivity index (χ4n) is 4.58. The van der Waals surface area contributed by atoms with Crippen LogP contribution in [-0.2, 0) is 37.3 Å². The van der Waals surface area contributed by atoms with Gasteiger partial charge in [-0.15, -0.1) is 11.3 Å². The fourth-order valence-corrected chi connectivity index (χ4v) is 7.56. The molecule has 3 aliphatic rings. The number of allylic oxidation sites excluding steroid dienone is 1. The van der Waals surface area contributed by atoms with Crippen LogP contribution in [0.15, 0.2) is 15.9 Å². The summed E-state index contributed by atoms with van der Waals surface area (Å²) in [7, 11) is -2.63. The van der Waals surface area contributed by atoms with Crippen molar-refractivity contribution in [1.82, 2.24) is 9.62 Å². The van der Waals surface area contributed by atoms with Crippen molar-refractivity contribution in [2.24, 2.45) is 0 Å². The van der Waals surface area contributed by atoms with Crippen LogP contribution in [0.25, 0.3) is 0 Å². The van der Waals surface area contributed by atoms with Gasteiger partial charge >= 0.3 is 5.97 Å². The molecule has 0 bridgehead atoms. The van der Waals surface area contributed by atoms with Crippen molar-refractivity contribution in [3.8, 4) is 0 Å². The van der Waals surface area contributed by atoms with Gasteiger partial charge in [-0.2, -0.15) is 0 Å². The number of rotatable bonds is 7. The first-order valence-electron chi connectivity index (χ1n) is 11.2. The topological polar surface area (TPSA) is 102 Å². The van der Waals surface area contributed by atoms with E-state index in [-0.39, 0.29) is 22.2 Å². The third kappa shape index (κ3) is 4.93. The molecule has 1 aromatic rings. The first kappa shape index (κ1) is 23.4. The van der Waals surface area contributed by atoms with Crippen LogP contribution in [-0.4, -0.2) is 58.1 Å². The average molecular weight is 483 g/mol. The number of hydrogen-bond donors (Lipinski definition) is 1. The molecule has 1 fully saturated rings. The monoisotopic (exact) mass is 482 g/mol. The highest BCUT2D eigenvalue weighted by molar-refractivity contribution is 7.91. The minimum absolute atomic E-state index is 0.0154. The number of hydrogen-bond acceptors (Lipinski definition) is 7. The van der Waals surface area contributed by atoms with Gasteiger partial charge in [-0.05, 0) is 56.9 Å². The molecule has 10 heteroatoms. The Morgan fingerprint density at radius 2 is 2.12 bits per heavy atom. The van der Waals surface area contributed by atoms with E-state index >= 15 is 0 Å². The van der Waals surface area contributed by atoms with Crippen molar-refractivity contribution in [2.75, 3.05) is 26.8 Å². The van der Waals surface area contributed by atoms with Crippen LogP contribution in [0, 0.1) is 0 Å². The molecule has 1 N–H and O–H groups in total. The van der Waals surface area contributed by atoms with Crippen LogP contribution in [0.3, 0.4) is 0 Å². The Morgan fingerprint density at radius 1 is 1.28 bits per heavy atom. The largest absolute Gasteiger partial charge is 0.465 e. The Labute approximate surface area is 193 Å². The predicted octanol–water partition coefficient (Wildman–Crippen LogP) is 2.77. The Hall–Kier alpha value is -1.75. The van der Waals surface area contributed by atoms with Gasteiger partial charge in [-0.3, -0.25) is 4.79 Å². The molecule has 1 saturated heterocycles. The lowest BCUT2D eigenvalue weighted by molar-refractivity contribution is -0.141. The number of methoxy groups -OCH3 is 1. The molecular formula is C22H30N2O6S2. The van der Waals surface area contributed by atoms with Gasteiger partial charge in [-0.25, -0.2) is 17.9 Å². The first-order valence-corrected chi connectivity index (χ1v) is 13.5. The number of nitrogens with one attached hydrogen (secondary N) is 1. The molecule has 32 heavy (non-hydrogen) atoms. The summed E-state index contributed by atoms with van der Waals surface area (Å²) >= 11 is 1.06. The highest BCUT2D eigenvalue weighted by atomic mass is 32.2. The fraction of sp³-hybridized carbons (Fsp3) is 0.636.